The van der Waals surface area contributed by atoms with Crippen LogP contribution in [0.3, 0.4) is 0 Å². The lowest BCUT2D eigenvalue weighted by molar-refractivity contribution is 0.344. The summed E-state index contributed by atoms with van der Waals surface area (Å²) in [5, 5.41) is 0. The van der Waals surface area contributed by atoms with Crippen LogP contribution in [0.4, 0.5) is 0 Å². The van der Waals surface area contributed by atoms with E-state index in [4.69, 9.17) is 4.74 Å². The highest BCUT2D eigenvalue weighted by Crippen LogP contribution is 2.09. The molecule has 0 fully saturated rings. The van der Waals surface area contributed by atoms with Crippen molar-refractivity contribution in [1.29, 1.82) is 0 Å². The summed E-state index contributed by atoms with van der Waals surface area (Å²) in [6, 6.07) is 9.94. The fourth-order valence-corrected chi connectivity index (χ4v) is 1.68. The summed E-state index contributed by atoms with van der Waals surface area (Å²) in [5.41, 5.74) is 0. The Bertz CT molecular complexity index is 256. The summed E-state index contributed by atoms with van der Waals surface area (Å²) in [6.07, 6.45) is 4.23. The molecule has 1 aromatic carbocycles. The molecule has 0 atom stereocenters. The van der Waals surface area contributed by atoms with Gasteiger partial charge in [-0.3, -0.25) is 0 Å². The lowest BCUT2D eigenvalue weighted by Crippen LogP contribution is -1.99. The van der Waals surface area contributed by atoms with E-state index in [1.807, 2.05) is 49.0 Å². The van der Waals surface area contributed by atoms with Gasteiger partial charge in [0.1, 0.15) is 5.75 Å². The first-order valence-corrected chi connectivity index (χ1v) is 5.95. The molecule has 1 rings (SSSR count). The van der Waals surface area contributed by atoms with E-state index >= 15 is 0 Å². The third-order valence-corrected chi connectivity index (χ3v) is 2.57. The minimum Gasteiger partial charge on any atom is -0.493 e. The molecule has 14 heavy (non-hydrogen) atoms. The topological polar surface area (TPSA) is 9.23 Å². The van der Waals surface area contributed by atoms with Gasteiger partial charge in [0, 0.05) is 11.5 Å². The van der Waals surface area contributed by atoms with E-state index in [2.05, 4.69) is 12.2 Å². The van der Waals surface area contributed by atoms with Crippen molar-refractivity contribution in [2.45, 2.75) is 6.92 Å². The van der Waals surface area contributed by atoms with Gasteiger partial charge in [-0.05, 0) is 19.1 Å². The zero-order valence-corrected chi connectivity index (χ0v) is 9.30. The molecule has 0 radical (unpaired) electrons. The number of ether oxygens (including phenoxy) is 1. The van der Waals surface area contributed by atoms with Crippen LogP contribution in [-0.2, 0) is 0 Å². The Morgan fingerprint density at radius 1 is 1.29 bits per heavy atom. The third kappa shape index (κ3) is 4.97. The predicted molar refractivity (Wildman–Crippen MR) is 64.1 cm³/mol. The molecule has 0 saturated heterocycles. The first-order valence-electron chi connectivity index (χ1n) is 4.80. The molecule has 0 unspecified atom stereocenters. The SMILES string of the molecule is C/C=C/CSCCOc1ccccc1. The lowest BCUT2D eigenvalue weighted by Gasteiger charge is -2.04. The van der Waals surface area contributed by atoms with Crippen molar-refractivity contribution in [3.63, 3.8) is 0 Å². The minimum atomic E-state index is 0.784. The molecule has 0 N–H and O–H groups in total. The number of benzene rings is 1. The van der Waals surface area contributed by atoms with Gasteiger partial charge >= 0.3 is 0 Å². The largest absolute Gasteiger partial charge is 0.493 e. The zero-order valence-electron chi connectivity index (χ0n) is 8.48. The minimum absolute atomic E-state index is 0.784. The van der Waals surface area contributed by atoms with Gasteiger partial charge in [-0.1, -0.05) is 30.4 Å². The van der Waals surface area contributed by atoms with E-state index in [0.717, 1.165) is 23.9 Å². The molecule has 2 heteroatoms. The molecular formula is C12H16OS. The maximum atomic E-state index is 5.54. The van der Waals surface area contributed by atoms with Crippen LogP contribution < -0.4 is 4.74 Å². The van der Waals surface area contributed by atoms with E-state index in [9.17, 15) is 0 Å². The summed E-state index contributed by atoms with van der Waals surface area (Å²) in [4.78, 5) is 0. The molecule has 0 aliphatic rings. The van der Waals surface area contributed by atoms with Crippen LogP contribution in [0.1, 0.15) is 6.92 Å². The third-order valence-electron chi connectivity index (χ3n) is 1.69. The molecule has 0 aliphatic carbocycles. The summed E-state index contributed by atoms with van der Waals surface area (Å²) in [5.74, 6) is 3.08. The van der Waals surface area contributed by atoms with Gasteiger partial charge in [0.05, 0.1) is 6.61 Å². The number of para-hydroxylation sites is 1. The zero-order chi connectivity index (χ0) is 10.1. The van der Waals surface area contributed by atoms with Crippen LogP contribution >= 0.6 is 11.8 Å². The average Bonchev–Trinajstić information content (AvgIpc) is 2.25. The second-order valence-electron chi connectivity index (χ2n) is 2.81. The molecule has 0 saturated carbocycles. The quantitative estimate of drug-likeness (QED) is 0.523. The first kappa shape index (κ1) is 11.2. The van der Waals surface area contributed by atoms with Crippen molar-refractivity contribution >= 4 is 11.8 Å². The maximum absolute atomic E-state index is 5.54. The second kappa shape index (κ2) is 7.51. The van der Waals surface area contributed by atoms with Crippen LogP contribution in [0.25, 0.3) is 0 Å². The Hall–Kier alpha value is -0.890. The number of rotatable bonds is 6. The second-order valence-corrected chi connectivity index (χ2v) is 3.96. The molecule has 1 aromatic rings. The lowest BCUT2D eigenvalue weighted by atomic mass is 10.3. The summed E-state index contributed by atoms with van der Waals surface area (Å²) in [7, 11) is 0. The van der Waals surface area contributed by atoms with Gasteiger partial charge in [0.2, 0.25) is 0 Å². The number of thioether (sulfide) groups is 1. The van der Waals surface area contributed by atoms with Crippen LogP contribution in [0, 0.1) is 0 Å². The highest BCUT2D eigenvalue weighted by atomic mass is 32.2. The number of allylic oxidation sites excluding steroid dienone is 1. The molecule has 0 bridgehead atoms. The molecule has 0 spiro atoms. The van der Waals surface area contributed by atoms with Crippen LogP contribution in [0.15, 0.2) is 42.5 Å². The summed E-state index contributed by atoms with van der Waals surface area (Å²) >= 11 is 1.89. The predicted octanol–water partition coefficient (Wildman–Crippen LogP) is 3.37. The maximum Gasteiger partial charge on any atom is 0.119 e. The summed E-state index contributed by atoms with van der Waals surface area (Å²) < 4.78 is 5.54. The van der Waals surface area contributed by atoms with Crippen molar-refractivity contribution in [2.75, 3.05) is 18.1 Å². The van der Waals surface area contributed by atoms with Crippen LogP contribution in [0.2, 0.25) is 0 Å². The standard InChI is InChI=1S/C12H16OS/c1-2-3-10-14-11-9-13-12-7-5-4-6-8-12/h2-8H,9-11H2,1H3/b3-2+. The van der Waals surface area contributed by atoms with Gasteiger partial charge < -0.3 is 4.74 Å². The van der Waals surface area contributed by atoms with E-state index in [0.29, 0.717) is 0 Å². The first-order chi connectivity index (χ1) is 6.93. The molecule has 0 aromatic heterocycles. The molecule has 76 valence electrons. The van der Waals surface area contributed by atoms with Crippen molar-refractivity contribution in [1.82, 2.24) is 0 Å². The van der Waals surface area contributed by atoms with Crippen molar-refractivity contribution < 1.29 is 4.74 Å². The molecule has 0 heterocycles. The van der Waals surface area contributed by atoms with Gasteiger partial charge in [-0.15, -0.1) is 0 Å². The average molecular weight is 208 g/mol. The Balaban J connectivity index is 2.05. The van der Waals surface area contributed by atoms with E-state index in [-0.39, 0.29) is 0 Å². The van der Waals surface area contributed by atoms with Crippen molar-refractivity contribution in [2.24, 2.45) is 0 Å². The number of hydrogen-bond donors (Lipinski definition) is 0. The van der Waals surface area contributed by atoms with E-state index in [1.54, 1.807) is 0 Å². The summed E-state index contributed by atoms with van der Waals surface area (Å²) in [6.45, 7) is 2.83. The normalized spacial score (nSPS) is 10.6. The van der Waals surface area contributed by atoms with E-state index < -0.39 is 0 Å². The monoisotopic (exact) mass is 208 g/mol. The molecule has 0 amide bonds. The van der Waals surface area contributed by atoms with Crippen LogP contribution in [0.5, 0.6) is 5.75 Å². The molecule has 0 aliphatic heterocycles. The van der Waals surface area contributed by atoms with Crippen molar-refractivity contribution in [3.8, 4) is 5.75 Å². The van der Waals surface area contributed by atoms with Gasteiger partial charge in [0.15, 0.2) is 0 Å². The highest BCUT2D eigenvalue weighted by molar-refractivity contribution is 7.99. The highest BCUT2D eigenvalue weighted by Gasteiger charge is 1.90. The van der Waals surface area contributed by atoms with Gasteiger partial charge in [-0.2, -0.15) is 11.8 Å². The van der Waals surface area contributed by atoms with Gasteiger partial charge in [0.25, 0.3) is 0 Å². The Morgan fingerprint density at radius 3 is 2.79 bits per heavy atom. The Kier molecular flexibility index (Phi) is 6.00. The van der Waals surface area contributed by atoms with Gasteiger partial charge in [-0.25, -0.2) is 0 Å². The molecule has 1 nitrogen and oxygen atoms in total. The Morgan fingerprint density at radius 2 is 2.07 bits per heavy atom. The fraction of sp³-hybridized carbons (Fsp3) is 0.333. The number of hydrogen-bond acceptors (Lipinski definition) is 2. The smallest absolute Gasteiger partial charge is 0.119 e. The Labute approximate surface area is 90.2 Å². The fourth-order valence-electron chi connectivity index (χ4n) is 0.983. The molecular weight excluding hydrogens is 192 g/mol. The van der Waals surface area contributed by atoms with Crippen molar-refractivity contribution in [3.05, 3.63) is 42.5 Å². The van der Waals surface area contributed by atoms with Crippen LogP contribution in [-0.4, -0.2) is 18.1 Å². The van der Waals surface area contributed by atoms with E-state index in [1.165, 1.54) is 0 Å².